The van der Waals surface area contributed by atoms with Crippen LogP contribution in [0.25, 0.3) is 0 Å². The van der Waals surface area contributed by atoms with Gasteiger partial charge in [0.05, 0.1) is 11.5 Å². The molecule has 2 unspecified atom stereocenters. The molecule has 2 aliphatic rings. The van der Waals surface area contributed by atoms with Crippen molar-refractivity contribution in [3.8, 4) is 0 Å². The number of hydrogen-bond donors (Lipinski definition) is 0. The fourth-order valence-electron chi connectivity index (χ4n) is 3.66. The van der Waals surface area contributed by atoms with Crippen LogP contribution in [0.2, 0.25) is 0 Å². The van der Waals surface area contributed by atoms with Crippen molar-refractivity contribution in [1.82, 2.24) is 4.90 Å². The van der Waals surface area contributed by atoms with Crippen molar-refractivity contribution in [2.75, 3.05) is 19.7 Å². The molecule has 1 aromatic rings. The maximum atomic E-state index is 13.2. The zero-order valence-electron chi connectivity index (χ0n) is 15.3. The van der Waals surface area contributed by atoms with Crippen LogP contribution in [0.1, 0.15) is 37.7 Å². The predicted molar refractivity (Wildman–Crippen MR) is 101 cm³/mol. The van der Waals surface area contributed by atoms with Crippen molar-refractivity contribution in [3.05, 3.63) is 58.3 Å². The van der Waals surface area contributed by atoms with Gasteiger partial charge in [-0.2, -0.15) is 8.42 Å². The summed E-state index contributed by atoms with van der Waals surface area (Å²) in [5, 5.41) is 0. The number of nitrogens with zero attached hydrogens (tertiary/aromatic N) is 1. The van der Waals surface area contributed by atoms with Crippen LogP contribution in [0.5, 0.6) is 0 Å². The van der Waals surface area contributed by atoms with Crippen LogP contribution in [-0.4, -0.2) is 39.4 Å². The Labute approximate surface area is 159 Å². The van der Waals surface area contributed by atoms with E-state index in [0.29, 0.717) is 32.4 Å². The van der Waals surface area contributed by atoms with Crippen LogP contribution < -0.4 is 0 Å². The average Bonchev–Trinajstić information content (AvgIpc) is 2.67. The molecule has 146 valence electrons. The molecule has 1 amide bonds. The van der Waals surface area contributed by atoms with Gasteiger partial charge in [-0.25, -0.2) is 4.39 Å². The number of rotatable bonds is 6. The summed E-state index contributed by atoms with van der Waals surface area (Å²) in [7, 11) is -3.79. The second-order valence-corrected chi connectivity index (χ2v) is 8.86. The van der Waals surface area contributed by atoms with Crippen molar-refractivity contribution >= 4 is 16.5 Å². The number of carbonyl (C=O) groups is 1. The summed E-state index contributed by atoms with van der Waals surface area (Å²) in [6.07, 6.45) is 6.01. The minimum absolute atomic E-state index is 0.00521. The lowest BCUT2D eigenvalue weighted by molar-refractivity contribution is -0.120. The van der Waals surface area contributed by atoms with Gasteiger partial charge in [0, 0.05) is 19.0 Å². The molecular formula is C20H24FNO4S. The summed E-state index contributed by atoms with van der Waals surface area (Å²) in [5.74, 6) is -0.475. The van der Waals surface area contributed by atoms with E-state index in [1.807, 2.05) is 6.92 Å². The number of benzene rings is 1. The maximum Gasteiger partial charge on any atom is 0.293 e. The highest BCUT2D eigenvalue weighted by atomic mass is 32.2. The maximum absolute atomic E-state index is 13.2. The van der Waals surface area contributed by atoms with Crippen LogP contribution in [0.15, 0.2) is 46.9 Å². The van der Waals surface area contributed by atoms with E-state index >= 15 is 0 Å². The van der Waals surface area contributed by atoms with Gasteiger partial charge in [0.15, 0.2) is 0 Å². The fourth-order valence-corrected chi connectivity index (χ4v) is 4.75. The van der Waals surface area contributed by atoms with Gasteiger partial charge >= 0.3 is 0 Å². The van der Waals surface area contributed by atoms with Crippen LogP contribution in [0.4, 0.5) is 4.39 Å². The van der Waals surface area contributed by atoms with Crippen molar-refractivity contribution in [2.45, 2.75) is 32.1 Å². The molecule has 1 aliphatic carbocycles. The molecule has 0 spiro atoms. The van der Waals surface area contributed by atoms with E-state index in [0.717, 1.165) is 17.5 Å². The average molecular weight is 393 g/mol. The molecule has 0 N–H and O–H groups in total. The molecule has 3 rings (SSSR count). The quantitative estimate of drug-likeness (QED) is 0.549. The molecule has 0 aromatic heterocycles. The van der Waals surface area contributed by atoms with Crippen LogP contribution in [-0.2, 0) is 19.1 Å². The van der Waals surface area contributed by atoms with Crippen molar-refractivity contribution in [2.24, 2.45) is 5.92 Å². The van der Waals surface area contributed by atoms with E-state index in [9.17, 15) is 17.6 Å². The number of carbonyl (C=O) groups excluding carboxylic acids is 1. The third-order valence-corrected chi connectivity index (χ3v) is 6.72. The molecule has 1 heterocycles. The largest absolute Gasteiger partial charge is 0.345 e. The number of amides is 1. The molecule has 1 fully saturated rings. The number of piperidine rings is 1. The molecule has 5 nitrogen and oxygen atoms in total. The molecule has 1 aliphatic heterocycles. The number of hydrogen-bond acceptors (Lipinski definition) is 4. The minimum atomic E-state index is -3.79. The number of likely N-dealkylation sites (tertiary alicyclic amines) is 1. The van der Waals surface area contributed by atoms with E-state index < -0.39 is 10.1 Å². The van der Waals surface area contributed by atoms with E-state index in [1.165, 1.54) is 12.1 Å². The Bertz CT molecular complexity index is 845. The third-order valence-electron chi connectivity index (χ3n) is 5.29. The first-order chi connectivity index (χ1) is 12.9. The summed E-state index contributed by atoms with van der Waals surface area (Å²) in [4.78, 5) is 13.1. The van der Waals surface area contributed by atoms with E-state index in [-0.39, 0.29) is 29.2 Å². The van der Waals surface area contributed by atoms with Crippen molar-refractivity contribution < 1.29 is 21.8 Å². The Hall–Kier alpha value is -1.99. The highest BCUT2D eigenvalue weighted by Gasteiger charge is 2.32. The van der Waals surface area contributed by atoms with Crippen molar-refractivity contribution in [3.63, 3.8) is 0 Å². The smallest absolute Gasteiger partial charge is 0.293 e. The Morgan fingerprint density at radius 2 is 1.96 bits per heavy atom. The highest BCUT2D eigenvalue weighted by molar-refractivity contribution is 7.90. The van der Waals surface area contributed by atoms with Gasteiger partial charge in [-0.1, -0.05) is 23.8 Å². The second kappa shape index (κ2) is 8.35. The Balaban J connectivity index is 1.74. The van der Waals surface area contributed by atoms with E-state index in [1.54, 1.807) is 29.2 Å². The molecule has 0 radical (unpaired) electrons. The fraction of sp³-hybridized carbons (Fsp3) is 0.450. The van der Waals surface area contributed by atoms with Gasteiger partial charge in [-0.15, -0.1) is 0 Å². The minimum Gasteiger partial charge on any atom is -0.345 e. The van der Waals surface area contributed by atoms with E-state index in [4.69, 9.17) is 4.18 Å². The van der Waals surface area contributed by atoms with Gasteiger partial charge < -0.3 is 4.90 Å². The molecule has 0 saturated carbocycles. The molecule has 2 atom stereocenters. The van der Waals surface area contributed by atoms with Gasteiger partial charge in [0.2, 0.25) is 6.41 Å². The monoisotopic (exact) mass is 393 g/mol. The van der Waals surface area contributed by atoms with Gasteiger partial charge in [-0.3, -0.25) is 8.98 Å². The first-order valence-corrected chi connectivity index (χ1v) is 10.5. The van der Waals surface area contributed by atoms with Crippen molar-refractivity contribution in [1.29, 1.82) is 0 Å². The standard InChI is InChI=1S/C20H24FNO4S/c1-15-2-8-19(9-3-15)27(24,25)26-13-17-12-22(14-23)11-10-20(17)16-4-6-18(21)7-5-16/h2,4-8,14,17,20H,3,9-13H2,1H3. The second-order valence-electron chi connectivity index (χ2n) is 7.19. The third kappa shape index (κ3) is 4.84. The summed E-state index contributed by atoms with van der Waals surface area (Å²) in [6.45, 7) is 2.96. The van der Waals surface area contributed by atoms with Gasteiger partial charge in [0.25, 0.3) is 10.1 Å². The molecule has 27 heavy (non-hydrogen) atoms. The first kappa shape index (κ1) is 19.8. The Kier molecular flexibility index (Phi) is 6.11. The Morgan fingerprint density at radius 1 is 1.22 bits per heavy atom. The summed E-state index contributed by atoms with van der Waals surface area (Å²) in [6, 6.07) is 6.24. The number of halogens is 1. The summed E-state index contributed by atoms with van der Waals surface area (Å²) < 4.78 is 43.6. The zero-order valence-corrected chi connectivity index (χ0v) is 16.1. The lowest BCUT2D eigenvalue weighted by Gasteiger charge is -2.37. The lowest BCUT2D eigenvalue weighted by Crippen LogP contribution is -2.41. The molecule has 7 heteroatoms. The lowest BCUT2D eigenvalue weighted by atomic mass is 9.81. The normalized spacial score (nSPS) is 23.6. The molecule has 1 aromatic carbocycles. The molecular weight excluding hydrogens is 369 g/mol. The first-order valence-electron chi connectivity index (χ1n) is 9.09. The van der Waals surface area contributed by atoms with Gasteiger partial charge in [0.1, 0.15) is 5.82 Å². The molecule has 1 saturated heterocycles. The van der Waals surface area contributed by atoms with Crippen LogP contribution in [0.3, 0.4) is 0 Å². The predicted octanol–water partition coefficient (Wildman–Crippen LogP) is 3.36. The molecule has 0 bridgehead atoms. The SMILES string of the molecule is CC1=CC=C(S(=O)(=O)OCC2CN(C=O)CCC2c2ccc(F)cc2)CC1. The highest BCUT2D eigenvalue weighted by Crippen LogP contribution is 2.34. The van der Waals surface area contributed by atoms with Crippen LogP contribution >= 0.6 is 0 Å². The summed E-state index contributed by atoms with van der Waals surface area (Å²) in [5.41, 5.74) is 2.07. The van der Waals surface area contributed by atoms with E-state index in [2.05, 4.69) is 0 Å². The summed E-state index contributed by atoms with van der Waals surface area (Å²) >= 11 is 0. The van der Waals surface area contributed by atoms with Gasteiger partial charge in [-0.05, 0) is 55.9 Å². The number of allylic oxidation sites excluding steroid dienone is 4. The Morgan fingerprint density at radius 3 is 2.59 bits per heavy atom. The zero-order chi connectivity index (χ0) is 19.4. The van der Waals surface area contributed by atoms with Crippen LogP contribution in [0, 0.1) is 11.7 Å². The topological polar surface area (TPSA) is 63.7 Å².